The first-order chi connectivity index (χ1) is 10.5. The topological polar surface area (TPSA) is 59.6 Å². The highest BCUT2D eigenvalue weighted by atomic mass is 16.5. The van der Waals surface area contributed by atoms with Crippen LogP contribution in [-0.4, -0.2) is 32.2 Å². The first kappa shape index (κ1) is 16.6. The number of carbonyl (C=O) groups is 1. The van der Waals surface area contributed by atoms with Crippen LogP contribution in [0.15, 0.2) is 12.1 Å². The van der Waals surface area contributed by atoms with E-state index in [0.717, 1.165) is 23.5 Å². The van der Waals surface area contributed by atoms with Crippen LogP contribution in [0.5, 0.6) is 11.5 Å². The molecule has 0 aromatic heterocycles. The summed E-state index contributed by atoms with van der Waals surface area (Å²) in [4.78, 5) is 12.0. The normalized spacial score (nSPS) is 17.5. The molecule has 0 fully saturated rings. The van der Waals surface area contributed by atoms with Crippen molar-refractivity contribution in [2.45, 2.75) is 39.8 Å². The highest BCUT2D eigenvalue weighted by Gasteiger charge is 2.22. The van der Waals surface area contributed by atoms with Crippen molar-refractivity contribution in [2.75, 3.05) is 20.2 Å². The van der Waals surface area contributed by atoms with Gasteiger partial charge in [0.15, 0.2) is 0 Å². The van der Waals surface area contributed by atoms with E-state index in [-0.39, 0.29) is 17.9 Å². The molecule has 2 atom stereocenters. The fourth-order valence-corrected chi connectivity index (χ4v) is 2.66. The third kappa shape index (κ3) is 3.91. The van der Waals surface area contributed by atoms with Gasteiger partial charge in [-0.1, -0.05) is 6.92 Å². The van der Waals surface area contributed by atoms with Gasteiger partial charge in [0.25, 0.3) is 0 Å². The molecule has 122 valence electrons. The zero-order valence-electron chi connectivity index (χ0n) is 13.9. The number of nitrogens with one attached hydrogen (secondary N) is 2. The molecular weight excluding hydrogens is 280 g/mol. The van der Waals surface area contributed by atoms with Gasteiger partial charge < -0.3 is 20.1 Å². The van der Waals surface area contributed by atoms with Crippen LogP contribution in [0.1, 0.15) is 31.9 Å². The lowest BCUT2D eigenvalue weighted by Crippen LogP contribution is -2.34. The Kier molecular flexibility index (Phi) is 5.66. The van der Waals surface area contributed by atoms with E-state index in [1.54, 1.807) is 0 Å². The smallest absolute Gasteiger partial charge is 0.224 e. The highest BCUT2D eigenvalue weighted by molar-refractivity contribution is 5.78. The zero-order valence-corrected chi connectivity index (χ0v) is 13.9. The van der Waals surface area contributed by atoms with Crippen molar-refractivity contribution < 1.29 is 14.3 Å². The number of hydrogen-bond donors (Lipinski definition) is 2. The van der Waals surface area contributed by atoms with Crippen molar-refractivity contribution in [1.82, 2.24) is 10.6 Å². The second-order valence-corrected chi connectivity index (χ2v) is 5.81. The second-order valence-electron chi connectivity index (χ2n) is 5.81. The van der Waals surface area contributed by atoms with Gasteiger partial charge in [-0.2, -0.15) is 0 Å². The van der Waals surface area contributed by atoms with Gasteiger partial charge in [0, 0.05) is 36.6 Å². The molecule has 2 N–H and O–H groups in total. The number of hydrogen-bond acceptors (Lipinski definition) is 4. The summed E-state index contributed by atoms with van der Waals surface area (Å²) < 4.78 is 11.5. The van der Waals surface area contributed by atoms with E-state index in [1.807, 2.05) is 33.0 Å². The zero-order chi connectivity index (χ0) is 16.1. The maximum absolute atomic E-state index is 12.0. The van der Waals surface area contributed by atoms with Crippen LogP contribution in [0.25, 0.3) is 0 Å². The van der Waals surface area contributed by atoms with Gasteiger partial charge in [0.2, 0.25) is 5.91 Å². The van der Waals surface area contributed by atoms with E-state index >= 15 is 0 Å². The Morgan fingerprint density at radius 3 is 2.95 bits per heavy atom. The summed E-state index contributed by atoms with van der Waals surface area (Å²) in [6, 6.07) is 4.04. The number of rotatable bonds is 7. The van der Waals surface area contributed by atoms with Gasteiger partial charge >= 0.3 is 0 Å². The third-order valence-corrected chi connectivity index (χ3v) is 3.79. The Morgan fingerprint density at radius 2 is 2.27 bits per heavy atom. The van der Waals surface area contributed by atoms with Crippen molar-refractivity contribution in [3.05, 3.63) is 23.3 Å². The van der Waals surface area contributed by atoms with Crippen LogP contribution >= 0.6 is 0 Å². The Morgan fingerprint density at radius 1 is 1.50 bits per heavy atom. The predicted octanol–water partition coefficient (Wildman–Crippen LogP) is 1.88. The van der Waals surface area contributed by atoms with Gasteiger partial charge in [-0.05, 0) is 33.0 Å². The molecule has 2 rings (SSSR count). The molecule has 1 aromatic rings. The number of fused-ring (bicyclic) bond motifs is 1. The standard InChI is InChI=1S/C17H26N2O3/c1-5-21-15-7-13-6-12(3)22-16(13)8-14(15)10-19-17(20)11(2)9-18-4/h7-8,11-12,18H,5-6,9-10H2,1-4H3,(H,19,20). The summed E-state index contributed by atoms with van der Waals surface area (Å²) in [5.41, 5.74) is 2.13. The first-order valence-corrected chi connectivity index (χ1v) is 7.92. The van der Waals surface area contributed by atoms with Crippen molar-refractivity contribution in [3.8, 4) is 11.5 Å². The fraction of sp³-hybridized carbons (Fsp3) is 0.588. The van der Waals surface area contributed by atoms with Gasteiger partial charge in [0.05, 0.1) is 6.61 Å². The highest BCUT2D eigenvalue weighted by Crippen LogP contribution is 2.35. The van der Waals surface area contributed by atoms with Crippen LogP contribution in [0.4, 0.5) is 0 Å². The van der Waals surface area contributed by atoms with Gasteiger partial charge in [-0.3, -0.25) is 4.79 Å². The van der Waals surface area contributed by atoms with Crippen LogP contribution in [0.2, 0.25) is 0 Å². The molecule has 0 saturated carbocycles. The van der Waals surface area contributed by atoms with E-state index in [4.69, 9.17) is 9.47 Å². The van der Waals surface area contributed by atoms with Crippen LogP contribution in [0, 0.1) is 5.92 Å². The molecule has 1 aliphatic heterocycles. The Labute approximate surface area is 132 Å². The Balaban J connectivity index is 2.09. The van der Waals surface area contributed by atoms with Crippen LogP contribution in [0.3, 0.4) is 0 Å². The molecule has 22 heavy (non-hydrogen) atoms. The second kappa shape index (κ2) is 7.49. The molecule has 0 spiro atoms. The lowest BCUT2D eigenvalue weighted by molar-refractivity contribution is -0.124. The molecule has 5 heteroatoms. The van der Waals surface area contributed by atoms with Gasteiger partial charge in [0.1, 0.15) is 17.6 Å². The summed E-state index contributed by atoms with van der Waals surface area (Å²) in [5.74, 6) is 1.71. The van der Waals surface area contributed by atoms with Gasteiger partial charge in [-0.15, -0.1) is 0 Å². The van der Waals surface area contributed by atoms with Gasteiger partial charge in [-0.25, -0.2) is 0 Å². The fourth-order valence-electron chi connectivity index (χ4n) is 2.66. The largest absolute Gasteiger partial charge is 0.494 e. The SMILES string of the molecule is CCOc1cc2c(cc1CNC(=O)C(C)CNC)OC(C)C2. The molecule has 0 aliphatic carbocycles. The Hall–Kier alpha value is -1.75. The monoisotopic (exact) mass is 306 g/mol. The summed E-state index contributed by atoms with van der Waals surface area (Å²) in [6.07, 6.45) is 1.10. The predicted molar refractivity (Wildman–Crippen MR) is 86.3 cm³/mol. The molecule has 1 aliphatic rings. The summed E-state index contributed by atoms with van der Waals surface area (Å²) in [5, 5.41) is 5.98. The quantitative estimate of drug-likeness (QED) is 0.807. The molecule has 1 aromatic carbocycles. The molecule has 2 unspecified atom stereocenters. The van der Waals surface area contributed by atoms with Crippen LogP contribution < -0.4 is 20.1 Å². The van der Waals surface area contributed by atoms with E-state index in [0.29, 0.717) is 19.7 Å². The van der Waals surface area contributed by atoms with E-state index in [1.165, 1.54) is 5.56 Å². The van der Waals surface area contributed by atoms with Crippen molar-refractivity contribution in [1.29, 1.82) is 0 Å². The molecule has 1 amide bonds. The van der Waals surface area contributed by atoms with Crippen LogP contribution in [-0.2, 0) is 17.8 Å². The van der Waals surface area contributed by atoms with E-state index in [9.17, 15) is 4.79 Å². The maximum Gasteiger partial charge on any atom is 0.224 e. The molecule has 1 heterocycles. The average molecular weight is 306 g/mol. The lowest BCUT2D eigenvalue weighted by atomic mass is 10.1. The van der Waals surface area contributed by atoms with Crippen molar-refractivity contribution in [2.24, 2.45) is 5.92 Å². The average Bonchev–Trinajstić information content (AvgIpc) is 2.84. The van der Waals surface area contributed by atoms with Crippen molar-refractivity contribution >= 4 is 5.91 Å². The van der Waals surface area contributed by atoms with Crippen molar-refractivity contribution in [3.63, 3.8) is 0 Å². The number of amides is 1. The summed E-state index contributed by atoms with van der Waals surface area (Å²) >= 11 is 0. The van der Waals surface area contributed by atoms with E-state index < -0.39 is 0 Å². The maximum atomic E-state index is 12.0. The molecule has 0 bridgehead atoms. The van der Waals surface area contributed by atoms with E-state index in [2.05, 4.69) is 17.6 Å². The molecule has 0 radical (unpaired) electrons. The first-order valence-electron chi connectivity index (χ1n) is 7.92. The minimum atomic E-state index is -0.0637. The molecule has 0 saturated heterocycles. The summed E-state index contributed by atoms with van der Waals surface area (Å²) in [6.45, 7) is 7.64. The number of benzene rings is 1. The third-order valence-electron chi connectivity index (χ3n) is 3.79. The molecule has 5 nitrogen and oxygen atoms in total. The number of ether oxygens (including phenoxy) is 2. The number of carbonyl (C=O) groups excluding carboxylic acids is 1. The minimum absolute atomic E-state index is 0.0339. The minimum Gasteiger partial charge on any atom is -0.494 e. The molecular formula is C17H26N2O3. The Bertz CT molecular complexity index is 531. The summed E-state index contributed by atoms with van der Waals surface area (Å²) in [7, 11) is 1.84. The lowest BCUT2D eigenvalue weighted by Gasteiger charge is -2.15.